The van der Waals surface area contributed by atoms with Crippen LogP contribution in [0.15, 0.2) is 12.3 Å². The van der Waals surface area contributed by atoms with Gasteiger partial charge in [-0.05, 0) is 46.5 Å². The van der Waals surface area contributed by atoms with Crippen LogP contribution in [0.5, 0.6) is 0 Å². The molecule has 0 bridgehead atoms. The predicted molar refractivity (Wildman–Crippen MR) is 102 cm³/mol. The van der Waals surface area contributed by atoms with E-state index in [9.17, 15) is 14.7 Å². The molecule has 0 radical (unpaired) electrons. The summed E-state index contributed by atoms with van der Waals surface area (Å²) in [4.78, 5) is 24.5. The summed E-state index contributed by atoms with van der Waals surface area (Å²) in [6.45, 7) is 7.28. The van der Waals surface area contributed by atoms with Crippen molar-refractivity contribution in [1.82, 2.24) is 15.1 Å². The Labute approximate surface area is 160 Å². The molecule has 2 atom stereocenters. The molecule has 0 unspecified atom stereocenters. The fraction of sp³-hybridized carbons (Fsp3) is 0.737. The molecule has 1 saturated carbocycles. The van der Waals surface area contributed by atoms with Crippen LogP contribution in [-0.2, 0) is 9.53 Å². The van der Waals surface area contributed by atoms with E-state index in [0.29, 0.717) is 18.3 Å². The molecule has 0 spiro atoms. The summed E-state index contributed by atoms with van der Waals surface area (Å²) in [7, 11) is 0. The quantitative estimate of drug-likeness (QED) is 0.643. The van der Waals surface area contributed by atoms with Crippen molar-refractivity contribution in [2.45, 2.75) is 90.0 Å². The maximum absolute atomic E-state index is 12.4. The predicted octanol–water partition coefficient (Wildman–Crippen LogP) is 2.99. The normalized spacial score (nSPS) is 16.9. The molecule has 8 nitrogen and oxygen atoms in total. The zero-order valence-corrected chi connectivity index (χ0v) is 16.7. The smallest absolute Gasteiger partial charge is 0.407 e. The Kier molecular flexibility index (Phi) is 7.24. The molecule has 2 amide bonds. The third kappa shape index (κ3) is 6.53. The Morgan fingerprint density at radius 2 is 2.11 bits per heavy atom. The van der Waals surface area contributed by atoms with Crippen molar-refractivity contribution in [2.75, 3.05) is 5.32 Å². The van der Waals surface area contributed by atoms with Crippen LogP contribution in [0.1, 0.15) is 72.3 Å². The van der Waals surface area contributed by atoms with Gasteiger partial charge in [-0.15, -0.1) is 0 Å². The number of rotatable bonds is 8. The number of amides is 2. The minimum absolute atomic E-state index is 0.395. The summed E-state index contributed by atoms with van der Waals surface area (Å²) < 4.78 is 7.08. The monoisotopic (exact) mass is 380 g/mol. The molecular formula is C19H32N4O4. The molecule has 3 N–H and O–H groups in total. The number of hydrogen-bond donors (Lipinski definition) is 3. The van der Waals surface area contributed by atoms with Gasteiger partial charge in [0.05, 0.1) is 12.1 Å². The van der Waals surface area contributed by atoms with Crippen molar-refractivity contribution in [3.05, 3.63) is 12.3 Å². The number of aromatic nitrogens is 2. The first-order valence-corrected chi connectivity index (χ1v) is 9.73. The summed E-state index contributed by atoms with van der Waals surface area (Å²) in [6, 6.07) is 1.38. The van der Waals surface area contributed by atoms with Crippen LogP contribution in [0.2, 0.25) is 0 Å². The van der Waals surface area contributed by atoms with Gasteiger partial charge < -0.3 is 20.5 Å². The third-order valence-electron chi connectivity index (χ3n) is 4.53. The van der Waals surface area contributed by atoms with Crippen molar-refractivity contribution in [3.63, 3.8) is 0 Å². The second kappa shape index (κ2) is 9.21. The zero-order valence-electron chi connectivity index (χ0n) is 16.7. The second-order valence-electron chi connectivity index (χ2n) is 8.09. The van der Waals surface area contributed by atoms with Crippen molar-refractivity contribution >= 4 is 17.8 Å². The lowest BCUT2D eigenvalue weighted by atomic mass is 9.93. The molecule has 1 aromatic heterocycles. The molecule has 0 aliphatic heterocycles. The van der Waals surface area contributed by atoms with Crippen LogP contribution in [0.4, 0.5) is 10.6 Å². The number of alkyl carbamates (subject to hydrolysis) is 1. The first-order valence-electron chi connectivity index (χ1n) is 9.73. The van der Waals surface area contributed by atoms with Gasteiger partial charge in [0.2, 0.25) is 0 Å². The standard InChI is InChI=1S/C19H32N4O4/c1-5-6-10-14(20-18(26)27-19(2,3)4)16(24)17(25)21-15-11-12-23(22-15)13-8-7-9-13/h11-14,16,24H,5-10H2,1-4H3,(H,20,26)(H,21,22,25)/t14-,16+/m0/s1. The van der Waals surface area contributed by atoms with Crippen molar-refractivity contribution in [1.29, 1.82) is 0 Å². The van der Waals surface area contributed by atoms with E-state index in [1.165, 1.54) is 6.42 Å². The lowest BCUT2D eigenvalue weighted by molar-refractivity contribution is -0.125. The topological polar surface area (TPSA) is 105 Å². The second-order valence-corrected chi connectivity index (χ2v) is 8.09. The number of nitrogens with one attached hydrogen (secondary N) is 2. The Balaban J connectivity index is 1.95. The highest BCUT2D eigenvalue weighted by Crippen LogP contribution is 2.31. The van der Waals surface area contributed by atoms with Gasteiger partial charge >= 0.3 is 6.09 Å². The maximum Gasteiger partial charge on any atom is 0.407 e. The van der Waals surface area contributed by atoms with Gasteiger partial charge in [-0.25, -0.2) is 4.79 Å². The minimum atomic E-state index is -1.39. The van der Waals surface area contributed by atoms with Gasteiger partial charge in [0, 0.05) is 12.3 Å². The van der Waals surface area contributed by atoms with Crippen molar-refractivity contribution in [2.24, 2.45) is 0 Å². The number of aliphatic hydroxyl groups excluding tert-OH is 1. The number of carbonyl (C=O) groups excluding carboxylic acids is 2. The Morgan fingerprint density at radius 3 is 2.67 bits per heavy atom. The summed E-state index contributed by atoms with van der Waals surface area (Å²) in [6.07, 6.45) is 5.30. The zero-order chi connectivity index (χ0) is 20.0. The van der Waals surface area contributed by atoms with Crippen LogP contribution < -0.4 is 10.6 Å². The molecule has 0 aromatic carbocycles. The van der Waals surface area contributed by atoms with E-state index >= 15 is 0 Å². The van der Waals surface area contributed by atoms with Gasteiger partial charge in [-0.3, -0.25) is 9.48 Å². The van der Waals surface area contributed by atoms with Crippen molar-refractivity contribution in [3.8, 4) is 0 Å². The molecular weight excluding hydrogens is 348 g/mol. The van der Waals surface area contributed by atoms with Gasteiger partial charge in [-0.1, -0.05) is 19.8 Å². The van der Waals surface area contributed by atoms with Crippen LogP contribution in [-0.4, -0.2) is 44.6 Å². The molecule has 1 heterocycles. The van der Waals surface area contributed by atoms with Crippen LogP contribution in [0.25, 0.3) is 0 Å². The summed E-state index contributed by atoms with van der Waals surface area (Å²) >= 11 is 0. The molecule has 2 rings (SSSR count). The van der Waals surface area contributed by atoms with Gasteiger partial charge in [0.15, 0.2) is 11.9 Å². The fourth-order valence-corrected chi connectivity index (χ4v) is 2.83. The Bertz CT molecular complexity index is 634. The van der Waals surface area contributed by atoms with Crippen LogP contribution in [0, 0.1) is 0 Å². The molecule has 8 heteroatoms. The number of aliphatic hydroxyl groups is 1. The Morgan fingerprint density at radius 1 is 1.41 bits per heavy atom. The fourth-order valence-electron chi connectivity index (χ4n) is 2.83. The molecule has 152 valence electrons. The highest BCUT2D eigenvalue weighted by Gasteiger charge is 2.29. The average molecular weight is 380 g/mol. The van der Waals surface area contributed by atoms with E-state index in [1.807, 2.05) is 17.8 Å². The van der Waals surface area contributed by atoms with E-state index in [1.54, 1.807) is 26.8 Å². The molecule has 1 aliphatic rings. The van der Waals surface area contributed by atoms with E-state index in [-0.39, 0.29) is 0 Å². The Hall–Kier alpha value is -2.09. The number of unbranched alkanes of at least 4 members (excludes halogenated alkanes) is 1. The number of nitrogens with zero attached hydrogens (tertiary/aromatic N) is 2. The van der Waals surface area contributed by atoms with E-state index in [2.05, 4.69) is 15.7 Å². The molecule has 0 saturated heterocycles. The largest absolute Gasteiger partial charge is 0.444 e. The van der Waals surface area contributed by atoms with Gasteiger partial charge in [0.25, 0.3) is 5.91 Å². The minimum Gasteiger partial charge on any atom is -0.444 e. The maximum atomic E-state index is 12.4. The molecule has 1 aliphatic carbocycles. The van der Waals surface area contributed by atoms with Crippen LogP contribution >= 0.6 is 0 Å². The molecule has 1 aromatic rings. The summed E-state index contributed by atoms with van der Waals surface area (Å²) in [5.41, 5.74) is -0.652. The van der Waals surface area contributed by atoms with Crippen molar-refractivity contribution < 1.29 is 19.4 Å². The van der Waals surface area contributed by atoms with Gasteiger partial charge in [0.1, 0.15) is 5.60 Å². The number of hydrogen-bond acceptors (Lipinski definition) is 5. The van der Waals surface area contributed by atoms with Gasteiger partial charge in [-0.2, -0.15) is 5.10 Å². The lowest BCUT2D eigenvalue weighted by Crippen LogP contribution is -2.50. The summed E-state index contributed by atoms with van der Waals surface area (Å²) in [5, 5.41) is 20.1. The van der Waals surface area contributed by atoms with E-state index < -0.39 is 29.7 Å². The third-order valence-corrected chi connectivity index (χ3v) is 4.53. The molecule has 1 fully saturated rings. The van der Waals surface area contributed by atoms with E-state index in [4.69, 9.17) is 4.74 Å². The SMILES string of the molecule is CCCC[C@H](NC(=O)OC(C)(C)C)[C@@H](O)C(=O)Nc1ccn(C2CCC2)n1. The highest BCUT2D eigenvalue weighted by molar-refractivity contribution is 5.94. The average Bonchev–Trinajstić information content (AvgIpc) is 2.94. The highest BCUT2D eigenvalue weighted by atomic mass is 16.6. The number of anilines is 1. The molecule has 27 heavy (non-hydrogen) atoms. The number of carbonyl (C=O) groups is 2. The first-order chi connectivity index (χ1) is 12.7. The van der Waals surface area contributed by atoms with Crippen LogP contribution in [0.3, 0.4) is 0 Å². The lowest BCUT2D eigenvalue weighted by Gasteiger charge is -2.26. The number of ether oxygens (including phenoxy) is 1. The summed E-state index contributed by atoms with van der Waals surface area (Å²) in [5.74, 6) is -0.191. The first kappa shape index (κ1) is 21.2. The van der Waals surface area contributed by atoms with E-state index in [0.717, 1.165) is 25.7 Å².